The molecule has 1 saturated carbocycles. The highest BCUT2D eigenvalue weighted by molar-refractivity contribution is 7.17. The summed E-state index contributed by atoms with van der Waals surface area (Å²) in [5, 5.41) is 0.842. The topological polar surface area (TPSA) is 51.7 Å². The standard InChI is InChI=1S/C22H28N2O3S/c1-13-11-15-7-5-6-8-17(15)24(13)22(25)20-14(2)23-21(28-20)16-9-10-18(26-3)19(12-16)27-4/h9-10,12-13,15,17H,5-8,11H2,1-4H3. The van der Waals surface area contributed by atoms with Gasteiger partial charge in [-0.15, -0.1) is 11.3 Å². The largest absolute Gasteiger partial charge is 0.493 e. The van der Waals surface area contributed by atoms with Crippen LogP contribution in [0.5, 0.6) is 11.5 Å². The van der Waals surface area contributed by atoms with Gasteiger partial charge in [-0.1, -0.05) is 12.8 Å². The van der Waals surface area contributed by atoms with E-state index in [1.807, 2.05) is 25.1 Å². The third-order valence-electron chi connectivity index (χ3n) is 6.20. The van der Waals surface area contributed by atoms with Crippen molar-refractivity contribution in [1.29, 1.82) is 0 Å². The van der Waals surface area contributed by atoms with Crippen LogP contribution in [-0.4, -0.2) is 42.1 Å². The van der Waals surface area contributed by atoms with Crippen LogP contribution in [0.15, 0.2) is 18.2 Å². The Morgan fingerprint density at radius 3 is 2.68 bits per heavy atom. The highest BCUT2D eigenvalue weighted by Gasteiger charge is 2.43. The number of nitrogens with zero attached hydrogens (tertiary/aromatic N) is 2. The summed E-state index contributed by atoms with van der Waals surface area (Å²) in [4.78, 5) is 21.1. The molecule has 2 heterocycles. The molecule has 1 aliphatic carbocycles. The molecule has 150 valence electrons. The van der Waals surface area contributed by atoms with Crippen LogP contribution in [-0.2, 0) is 0 Å². The number of hydrogen-bond acceptors (Lipinski definition) is 5. The number of aromatic nitrogens is 1. The van der Waals surface area contributed by atoms with Crippen LogP contribution in [0, 0.1) is 12.8 Å². The number of fused-ring (bicyclic) bond motifs is 1. The Morgan fingerprint density at radius 1 is 1.18 bits per heavy atom. The van der Waals surface area contributed by atoms with Crippen molar-refractivity contribution in [2.75, 3.05) is 14.2 Å². The molecule has 0 spiro atoms. The molecule has 1 aromatic carbocycles. The minimum absolute atomic E-state index is 0.156. The monoisotopic (exact) mass is 400 g/mol. The molecule has 1 saturated heterocycles. The summed E-state index contributed by atoms with van der Waals surface area (Å²) < 4.78 is 10.7. The molecular weight excluding hydrogens is 372 g/mol. The average Bonchev–Trinajstić information content (AvgIpc) is 3.26. The molecule has 3 unspecified atom stereocenters. The van der Waals surface area contributed by atoms with Crippen LogP contribution in [0.25, 0.3) is 10.6 Å². The van der Waals surface area contributed by atoms with Gasteiger partial charge in [0.1, 0.15) is 9.88 Å². The van der Waals surface area contributed by atoms with Crippen molar-refractivity contribution < 1.29 is 14.3 Å². The minimum atomic E-state index is 0.156. The highest BCUT2D eigenvalue weighted by Crippen LogP contribution is 2.42. The number of ether oxygens (including phenoxy) is 2. The number of thiazole rings is 1. The number of likely N-dealkylation sites (tertiary alicyclic amines) is 1. The van der Waals surface area contributed by atoms with Gasteiger partial charge in [0.05, 0.1) is 19.9 Å². The number of methoxy groups -OCH3 is 2. The zero-order valence-corrected chi connectivity index (χ0v) is 17.8. The second-order valence-electron chi connectivity index (χ2n) is 7.91. The Kier molecular flexibility index (Phi) is 5.32. The summed E-state index contributed by atoms with van der Waals surface area (Å²) in [7, 11) is 3.25. The van der Waals surface area contributed by atoms with Crippen molar-refractivity contribution in [3.63, 3.8) is 0 Å². The molecule has 0 N–H and O–H groups in total. The van der Waals surface area contributed by atoms with Crippen LogP contribution in [0.4, 0.5) is 0 Å². The number of amides is 1. The van der Waals surface area contributed by atoms with E-state index in [4.69, 9.17) is 14.5 Å². The lowest BCUT2D eigenvalue weighted by molar-refractivity contribution is 0.0637. The molecule has 1 aliphatic heterocycles. The molecule has 1 aromatic heterocycles. The van der Waals surface area contributed by atoms with E-state index in [9.17, 15) is 4.79 Å². The minimum Gasteiger partial charge on any atom is -0.493 e. The molecule has 5 nitrogen and oxygen atoms in total. The zero-order chi connectivity index (χ0) is 19.8. The first-order valence-corrected chi connectivity index (χ1v) is 10.9. The number of rotatable bonds is 4. The molecule has 2 aliphatic rings. The van der Waals surface area contributed by atoms with Crippen LogP contribution < -0.4 is 9.47 Å². The molecular formula is C22H28N2O3S. The second kappa shape index (κ2) is 7.74. The Hall–Kier alpha value is -2.08. The highest BCUT2D eigenvalue weighted by atomic mass is 32.1. The van der Waals surface area contributed by atoms with Crippen molar-refractivity contribution in [3.05, 3.63) is 28.8 Å². The quantitative estimate of drug-likeness (QED) is 0.730. The summed E-state index contributed by atoms with van der Waals surface area (Å²) in [5.74, 6) is 2.18. The average molecular weight is 401 g/mol. The zero-order valence-electron chi connectivity index (χ0n) is 17.0. The van der Waals surface area contributed by atoms with Crippen molar-refractivity contribution in [3.8, 4) is 22.1 Å². The number of benzene rings is 1. The Bertz CT molecular complexity index is 879. The number of carbonyl (C=O) groups is 1. The Labute approximate surface area is 170 Å². The molecule has 6 heteroatoms. The Morgan fingerprint density at radius 2 is 1.93 bits per heavy atom. The van der Waals surface area contributed by atoms with E-state index in [-0.39, 0.29) is 5.91 Å². The van der Waals surface area contributed by atoms with E-state index in [0.717, 1.165) is 34.0 Å². The van der Waals surface area contributed by atoms with Gasteiger partial charge in [0.15, 0.2) is 11.5 Å². The lowest BCUT2D eigenvalue weighted by Crippen LogP contribution is -2.42. The number of hydrogen-bond donors (Lipinski definition) is 0. The number of aryl methyl sites for hydroxylation is 1. The van der Waals surface area contributed by atoms with Gasteiger partial charge in [-0.25, -0.2) is 4.98 Å². The van der Waals surface area contributed by atoms with Gasteiger partial charge in [-0.2, -0.15) is 0 Å². The van der Waals surface area contributed by atoms with Gasteiger partial charge in [0.2, 0.25) is 0 Å². The van der Waals surface area contributed by atoms with Gasteiger partial charge in [-0.3, -0.25) is 4.79 Å². The first kappa shape index (κ1) is 19.2. The molecule has 2 aromatic rings. The normalized spacial score (nSPS) is 24.1. The fraction of sp³-hybridized carbons (Fsp3) is 0.545. The summed E-state index contributed by atoms with van der Waals surface area (Å²) in [5.41, 5.74) is 1.75. The third-order valence-corrected chi connectivity index (χ3v) is 7.40. The molecule has 3 atom stereocenters. The smallest absolute Gasteiger partial charge is 0.266 e. The van der Waals surface area contributed by atoms with Gasteiger partial charge >= 0.3 is 0 Å². The first-order chi connectivity index (χ1) is 13.5. The second-order valence-corrected chi connectivity index (χ2v) is 8.91. The van der Waals surface area contributed by atoms with Gasteiger partial charge in [-0.05, 0) is 57.2 Å². The Balaban J connectivity index is 1.63. The van der Waals surface area contributed by atoms with E-state index >= 15 is 0 Å². The fourth-order valence-corrected chi connectivity index (χ4v) is 5.87. The van der Waals surface area contributed by atoms with E-state index in [1.165, 1.54) is 30.6 Å². The molecule has 1 amide bonds. The van der Waals surface area contributed by atoms with Crippen molar-refractivity contribution in [1.82, 2.24) is 9.88 Å². The predicted octanol–water partition coefficient (Wildman–Crippen LogP) is 4.93. The molecule has 0 radical (unpaired) electrons. The summed E-state index contributed by atoms with van der Waals surface area (Å²) in [6.45, 7) is 4.13. The van der Waals surface area contributed by atoms with E-state index in [2.05, 4.69) is 11.8 Å². The SMILES string of the molecule is COc1ccc(-c2nc(C)c(C(=O)N3C(C)CC4CCCCC43)s2)cc1OC. The molecule has 2 fully saturated rings. The van der Waals surface area contributed by atoms with Gasteiger partial charge in [0, 0.05) is 17.6 Å². The maximum Gasteiger partial charge on any atom is 0.266 e. The first-order valence-electron chi connectivity index (χ1n) is 10.1. The third kappa shape index (κ3) is 3.28. The van der Waals surface area contributed by atoms with Crippen LogP contribution >= 0.6 is 11.3 Å². The summed E-state index contributed by atoms with van der Waals surface area (Å²) >= 11 is 1.48. The van der Waals surface area contributed by atoms with E-state index in [1.54, 1.807) is 14.2 Å². The molecule has 4 rings (SSSR count). The van der Waals surface area contributed by atoms with Crippen molar-refractivity contribution in [2.45, 2.75) is 58.0 Å². The fourth-order valence-electron chi connectivity index (χ4n) is 4.86. The number of carbonyl (C=O) groups excluding carboxylic acids is 1. The van der Waals surface area contributed by atoms with Crippen LogP contribution in [0.2, 0.25) is 0 Å². The summed E-state index contributed by atoms with van der Waals surface area (Å²) in [6, 6.07) is 6.47. The van der Waals surface area contributed by atoms with E-state index in [0.29, 0.717) is 29.5 Å². The van der Waals surface area contributed by atoms with Gasteiger partial charge < -0.3 is 14.4 Å². The van der Waals surface area contributed by atoms with E-state index < -0.39 is 0 Å². The lowest BCUT2D eigenvalue weighted by Gasteiger charge is -2.33. The van der Waals surface area contributed by atoms with Crippen LogP contribution in [0.1, 0.15) is 54.4 Å². The molecule has 28 heavy (non-hydrogen) atoms. The van der Waals surface area contributed by atoms with Crippen molar-refractivity contribution in [2.24, 2.45) is 5.92 Å². The lowest BCUT2D eigenvalue weighted by atomic mass is 9.85. The summed E-state index contributed by atoms with van der Waals surface area (Å²) in [6.07, 6.45) is 6.07. The molecule has 0 bridgehead atoms. The van der Waals surface area contributed by atoms with Gasteiger partial charge in [0.25, 0.3) is 5.91 Å². The maximum absolute atomic E-state index is 13.5. The van der Waals surface area contributed by atoms with Crippen LogP contribution in [0.3, 0.4) is 0 Å². The van der Waals surface area contributed by atoms with Crippen molar-refractivity contribution >= 4 is 17.2 Å². The maximum atomic E-state index is 13.5. The predicted molar refractivity (Wildman–Crippen MR) is 111 cm³/mol.